The van der Waals surface area contributed by atoms with Gasteiger partial charge in [-0.15, -0.1) is 0 Å². The predicted molar refractivity (Wildman–Crippen MR) is 71.8 cm³/mol. The van der Waals surface area contributed by atoms with E-state index in [1.807, 2.05) is 0 Å². The Bertz CT molecular complexity index is 516. The van der Waals surface area contributed by atoms with Crippen LogP contribution < -0.4 is 11.1 Å². The van der Waals surface area contributed by atoms with Gasteiger partial charge >= 0.3 is 0 Å². The second-order valence-electron chi connectivity index (χ2n) is 4.90. The molecule has 19 heavy (non-hydrogen) atoms. The molecule has 0 aromatic heterocycles. The first-order valence-corrected chi connectivity index (χ1v) is 6.37. The second kappa shape index (κ2) is 5.26. The Morgan fingerprint density at radius 3 is 2.89 bits per heavy atom. The van der Waals surface area contributed by atoms with Crippen LogP contribution in [0.2, 0.25) is 0 Å². The van der Waals surface area contributed by atoms with Crippen LogP contribution in [0.5, 0.6) is 0 Å². The highest BCUT2D eigenvalue weighted by atomic mass is 16.6. The van der Waals surface area contributed by atoms with Crippen LogP contribution in [0, 0.1) is 16.0 Å². The lowest BCUT2D eigenvalue weighted by atomic mass is 10.1. The summed E-state index contributed by atoms with van der Waals surface area (Å²) in [6.45, 7) is 2.12. The molecule has 1 aliphatic carbocycles. The summed E-state index contributed by atoms with van der Waals surface area (Å²) < 4.78 is 0. The maximum Gasteiger partial charge on any atom is 0.292 e. The molecular weight excluding hydrogens is 246 g/mol. The van der Waals surface area contributed by atoms with Crippen LogP contribution in [0.15, 0.2) is 18.2 Å². The van der Waals surface area contributed by atoms with E-state index in [9.17, 15) is 14.9 Å². The molecule has 0 aliphatic heterocycles. The van der Waals surface area contributed by atoms with Gasteiger partial charge in [-0.25, -0.2) is 0 Å². The van der Waals surface area contributed by atoms with Crippen LogP contribution in [-0.2, 0) is 0 Å². The number of amides is 1. The second-order valence-corrected chi connectivity index (χ2v) is 4.90. The number of carbonyl (C=O) groups excluding carboxylic acids is 1. The van der Waals surface area contributed by atoms with Gasteiger partial charge in [0, 0.05) is 17.7 Å². The fourth-order valence-corrected chi connectivity index (χ4v) is 2.23. The van der Waals surface area contributed by atoms with E-state index in [0.29, 0.717) is 11.5 Å². The average molecular weight is 263 g/mol. The number of anilines is 1. The quantitative estimate of drug-likeness (QED) is 0.482. The highest BCUT2D eigenvalue weighted by Gasteiger charge is 2.37. The molecule has 102 valence electrons. The third-order valence-corrected chi connectivity index (χ3v) is 3.38. The molecule has 1 amide bonds. The van der Waals surface area contributed by atoms with Crippen molar-refractivity contribution in [1.82, 2.24) is 5.32 Å². The topological polar surface area (TPSA) is 98.3 Å². The summed E-state index contributed by atoms with van der Waals surface area (Å²) in [5, 5.41) is 13.5. The highest BCUT2D eigenvalue weighted by Crippen LogP contribution is 2.34. The molecule has 0 spiro atoms. The average Bonchev–Trinajstić information content (AvgIpc) is 3.07. The fourth-order valence-electron chi connectivity index (χ4n) is 2.23. The van der Waals surface area contributed by atoms with Gasteiger partial charge in [0.05, 0.1) is 4.92 Å². The zero-order valence-electron chi connectivity index (χ0n) is 10.8. The van der Waals surface area contributed by atoms with E-state index in [0.717, 1.165) is 19.3 Å². The number of rotatable bonds is 5. The Morgan fingerprint density at radius 1 is 1.58 bits per heavy atom. The van der Waals surface area contributed by atoms with E-state index in [2.05, 4.69) is 12.2 Å². The summed E-state index contributed by atoms with van der Waals surface area (Å²) in [6.07, 6.45) is 3.25. The molecule has 0 radical (unpaired) electrons. The number of hydrogen-bond acceptors (Lipinski definition) is 4. The molecule has 0 saturated heterocycles. The fraction of sp³-hybridized carbons (Fsp3) is 0.462. The van der Waals surface area contributed by atoms with Gasteiger partial charge in [0.2, 0.25) is 0 Å². The van der Waals surface area contributed by atoms with Crippen LogP contribution in [0.3, 0.4) is 0 Å². The Kier molecular flexibility index (Phi) is 3.69. The van der Waals surface area contributed by atoms with Crippen molar-refractivity contribution in [2.45, 2.75) is 32.2 Å². The van der Waals surface area contributed by atoms with Gasteiger partial charge in [0.25, 0.3) is 11.6 Å². The SMILES string of the molecule is CCCC1CC1NC(=O)c1ccc([N+](=O)[O-])c(N)c1. The Balaban J connectivity index is 2.00. The number of nitro benzene ring substituents is 1. The monoisotopic (exact) mass is 263 g/mol. The van der Waals surface area contributed by atoms with Crippen molar-refractivity contribution in [3.63, 3.8) is 0 Å². The molecule has 0 bridgehead atoms. The van der Waals surface area contributed by atoms with Gasteiger partial charge < -0.3 is 11.1 Å². The zero-order chi connectivity index (χ0) is 14.0. The lowest BCUT2D eigenvalue weighted by Crippen LogP contribution is -2.26. The van der Waals surface area contributed by atoms with Crippen molar-refractivity contribution in [2.75, 3.05) is 5.73 Å². The summed E-state index contributed by atoms with van der Waals surface area (Å²) in [6, 6.07) is 4.29. The smallest absolute Gasteiger partial charge is 0.292 e. The number of nitrogens with zero attached hydrogens (tertiary/aromatic N) is 1. The van der Waals surface area contributed by atoms with E-state index in [4.69, 9.17) is 5.73 Å². The van der Waals surface area contributed by atoms with Crippen LogP contribution >= 0.6 is 0 Å². The van der Waals surface area contributed by atoms with E-state index < -0.39 is 4.92 Å². The lowest BCUT2D eigenvalue weighted by molar-refractivity contribution is -0.383. The molecule has 0 heterocycles. The molecular formula is C13H17N3O3. The third kappa shape index (κ3) is 3.01. The van der Waals surface area contributed by atoms with Crippen molar-refractivity contribution in [2.24, 2.45) is 5.92 Å². The number of nitrogens with two attached hydrogens (primary N) is 1. The molecule has 6 heteroatoms. The van der Waals surface area contributed by atoms with Gasteiger partial charge in [-0.3, -0.25) is 14.9 Å². The number of benzene rings is 1. The first kappa shape index (κ1) is 13.3. The minimum Gasteiger partial charge on any atom is -0.393 e. The molecule has 1 aromatic carbocycles. The molecule has 1 saturated carbocycles. The minimum absolute atomic E-state index is 0.0126. The molecule has 1 aliphatic rings. The van der Waals surface area contributed by atoms with Crippen molar-refractivity contribution >= 4 is 17.3 Å². The summed E-state index contributed by atoms with van der Waals surface area (Å²) >= 11 is 0. The Hall–Kier alpha value is -2.11. The first-order valence-electron chi connectivity index (χ1n) is 6.37. The van der Waals surface area contributed by atoms with Gasteiger partial charge in [-0.1, -0.05) is 13.3 Å². The van der Waals surface area contributed by atoms with Crippen LogP contribution in [0.1, 0.15) is 36.5 Å². The van der Waals surface area contributed by atoms with Crippen molar-refractivity contribution in [1.29, 1.82) is 0 Å². The van der Waals surface area contributed by atoms with E-state index in [1.54, 1.807) is 0 Å². The summed E-state index contributed by atoms with van der Waals surface area (Å²) in [4.78, 5) is 22.0. The minimum atomic E-state index is -0.560. The number of nitro groups is 1. The van der Waals surface area contributed by atoms with Crippen molar-refractivity contribution < 1.29 is 9.72 Å². The van der Waals surface area contributed by atoms with Gasteiger partial charge in [0.1, 0.15) is 5.69 Å². The molecule has 2 unspecified atom stereocenters. The molecule has 1 fully saturated rings. The third-order valence-electron chi connectivity index (χ3n) is 3.38. The first-order chi connectivity index (χ1) is 9.02. The molecule has 2 atom stereocenters. The normalized spacial score (nSPS) is 20.9. The zero-order valence-corrected chi connectivity index (χ0v) is 10.8. The molecule has 3 N–H and O–H groups in total. The standard InChI is InChI=1S/C13H17N3O3/c1-2-3-8-7-11(8)15-13(17)9-4-5-12(16(18)19)10(14)6-9/h4-6,8,11H,2-3,7,14H2,1H3,(H,15,17). The van der Waals surface area contributed by atoms with Crippen molar-refractivity contribution in [3.05, 3.63) is 33.9 Å². The maximum absolute atomic E-state index is 11.9. The highest BCUT2D eigenvalue weighted by molar-refractivity contribution is 5.96. The van der Waals surface area contributed by atoms with Gasteiger partial charge in [-0.05, 0) is 30.9 Å². The number of carbonyl (C=O) groups is 1. The number of hydrogen-bond donors (Lipinski definition) is 2. The summed E-state index contributed by atoms with van der Waals surface area (Å²) in [5.41, 5.74) is 5.76. The van der Waals surface area contributed by atoms with E-state index in [1.165, 1.54) is 18.2 Å². The van der Waals surface area contributed by atoms with Gasteiger partial charge in [-0.2, -0.15) is 0 Å². The van der Waals surface area contributed by atoms with Crippen molar-refractivity contribution in [3.8, 4) is 0 Å². The van der Waals surface area contributed by atoms with Gasteiger partial charge in [0.15, 0.2) is 0 Å². The predicted octanol–water partition coefficient (Wildman–Crippen LogP) is 2.10. The van der Waals surface area contributed by atoms with Crippen LogP contribution in [-0.4, -0.2) is 16.9 Å². The molecule has 2 rings (SSSR count). The molecule has 6 nitrogen and oxygen atoms in total. The lowest BCUT2D eigenvalue weighted by Gasteiger charge is -2.05. The van der Waals surface area contributed by atoms with Crippen LogP contribution in [0.4, 0.5) is 11.4 Å². The largest absolute Gasteiger partial charge is 0.393 e. The van der Waals surface area contributed by atoms with E-state index >= 15 is 0 Å². The number of nitrogen functional groups attached to an aromatic ring is 1. The van der Waals surface area contributed by atoms with Crippen LogP contribution in [0.25, 0.3) is 0 Å². The Labute approximate surface area is 111 Å². The summed E-state index contributed by atoms with van der Waals surface area (Å²) in [7, 11) is 0. The molecule has 1 aromatic rings. The summed E-state index contributed by atoms with van der Waals surface area (Å²) in [5.74, 6) is 0.356. The number of nitrogens with one attached hydrogen (secondary N) is 1. The Morgan fingerprint density at radius 2 is 2.32 bits per heavy atom. The van der Waals surface area contributed by atoms with E-state index in [-0.39, 0.29) is 23.3 Å². The maximum atomic E-state index is 11.9.